The normalized spacial score (nSPS) is 11.0. The highest BCUT2D eigenvalue weighted by Gasteiger charge is 2.13. The van der Waals surface area contributed by atoms with Gasteiger partial charge in [-0.3, -0.25) is 0 Å². The zero-order chi connectivity index (χ0) is 20.4. The summed E-state index contributed by atoms with van der Waals surface area (Å²) >= 11 is 6.09. The van der Waals surface area contributed by atoms with Crippen LogP contribution in [0.5, 0.6) is 5.75 Å². The van der Waals surface area contributed by atoms with Crippen molar-refractivity contribution in [2.75, 3.05) is 0 Å². The van der Waals surface area contributed by atoms with Gasteiger partial charge in [0.15, 0.2) is 0 Å². The molecule has 0 aliphatic heterocycles. The first-order chi connectivity index (χ1) is 14.0. The minimum absolute atomic E-state index is 0.181. The maximum atomic E-state index is 13.3. The third kappa shape index (κ3) is 4.03. The molecule has 0 aliphatic carbocycles. The lowest BCUT2D eigenvalue weighted by Gasteiger charge is -2.14. The van der Waals surface area contributed by atoms with Gasteiger partial charge in [0, 0.05) is 23.1 Å². The van der Waals surface area contributed by atoms with Crippen molar-refractivity contribution in [3.63, 3.8) is 0 Å². The predicted octanol–water partition coefficient (Wildman–Crippen LogP) is 6.39. The van der Waals surface area contributed by atoms with Gasteiger partial charge in [-0.2, -0.15) is 0 Å². The van der Waals surface area contributed by atoms with E-state index in [9.17, 15) is 9.18 Å². The van der Waals surface area contributed by atoms with Gasteiger partial charge in [-0.25, -0.2) is 9.18 Å². The van der Waals surface area contributed by atoms with E-state index in [1.165, 1.54) is 18.2 Å². The predicted molar refractivity (Wildman–Crippen MR) is 113 cm³/mol. The lowest BCUT2D eigenvalue weighted by molar-refractivity contribution is 0.303. The van der Waals surface area contributed by atoms with Crippen LogP contribution in [-0.4, -0.2) is 0 Å². The lowest BCUT2D eigenvalue weighted by Crippen LogP contribution is -2.02. The second-order valence-corrected chi connectivity index (χ2v) is 7.09. The van der Waals surface area contributed by atoms with Crippen LogP contribution in [0.15, 0.2) is 75.9 Å². The summed E-state index contributed by atoms with van der Waals surface area (Å²) in [5.74, 6) is 0.211. The van der Waals surface area contributed by atoms with E-state index in [-0.39, 0.29) is 6.61 Å². The SMILES string of the molecule is CCc1cc2c(-c3ccccc3)cc(=O)oc2cc1OCc1ccc(F)cc1Cl. The molecule has 0 amide bonds. The van der Waals surface area contributed by atoms with Crippen molar-refractivity contribution in [3.8, 4) is 16.9 Å². The molecule has 1 heterocycles. The number of benzene rings is 3. The topological polar surface area (TPSA) is 39.4 Å². The fourth-order valence-corrected chi connectivity index (χ4v) is 3.52. The van der Waals surface area contributed by atoms with Crippen LogP contribution in [0.4, 0.5) is 4.39 Å². The van der Waals surface area contributed by atoms with Crippen LogP contribution in [0.3, 0.4) is 0 Å². The Hall–Kier alpha value is -3.11. The van der Waals surface area contributed by atoms with E-state index >= 15 is 0 Å². The number of aryl methyl sites for hydroxylation is 1. The molecule has 29 heavy (non-hydrogen) atoms. The summed E-state index contributed by atoms with van der Waals surface area (Å²) in [5, 5.41) is 1.15. The third-order valence-electron chi connectivity index (χ3n) is 4.79. The molecule has 0 N–H and O–H groups in total. The molecule has 1 aromatic heterocycles. The van der Waals surface area contributed by atoms with Gasteiger partial charge in [-0.1, -0.05) is 54.9 Å². The standard InChI is InChI=1S/C24H18ClFO3/c1-2-15-10-20-19(16-6-4-3-5-7-16)12-24(27)29-23(20)13-22(15)28-14-17-8-9-18(26)11-21(17)25/h3-13H,2,14H2,1H3. The van der Waals surface area contributed by atoms with Gasteiger partial charge in [-0.15, -0.1) is 0 Å². The van der Waals surface area contributed by atoms with Crippen LogP contribution in [0.25, 0.3) is 22.1 Å². The van der Waals surface area contributed by atoms with E-state index < -0.39 is 11.4 Å². The Morgan fingerprint density at radius 3 is 2.52 bits per heavy atom. The van der Waals surface area contributed by atoms with Crippen LogP contribution in [0.1, 0.15) is 18.1 Å². The molecule has 5 heteroatoms. The monoisotopic (exact) mass is 408 g/mol. The Kier molecular flexibility index (Phi) is 5.36. The van der Waals surface area contributed by atoms with E-state index in [1.54, 1.807) is 12.1 Å². The Bertz CT molecular complexity index is 1230. The minimum Gasteiger partial charge on any atom is -0.488 e. The number of hydrogen-bond donors (Lipinski definition) is 0. The molecule has 0 radical (unpaired) electrons. The molecule has 0 aliphatic rings. The van der Waals surface area contributed by atoms with Crippen molar-refractivity contribution in [1.82, 2.24) is 0 Å². The van der Waals surface area contributed by atoms with E-state index in [0.717, 1.165) is 28.5 Å². The van der Waals surface area contributed by atoms with Crippen LogP contribution >= 0.6 is 11.6 Å². The first kappa shape index (κ1) is 19.2. The molecule has 0 saturated carbocycles. The summed E-state index contributed by atoms with van der Waals surface area (Å²) < 4.78 is 24.7. The molecule has 0 unspecified atom stereocenters. The summed E-state index contributed by atoms with van der Waals surface area (Å²) in [7, 11) is 0. The number of rotatable bonds is 5. The van der Waals surface area contributed by atoms with Crippen LogP contribution in [0.2, 0.25) is 5.02 Å². The van der Waals surface area contributed by atoms with Crippen LogP contribution in [0, 0.1) is 5.82 Å². The molecule has 0 spiro atoms. The van der Waals surface area contributed by atoms with E-state index in [0.29, 0.717) is 21.9 Å². The summed E-state index contributed by atoms with van der Waals surface area (Å²) in [4.78, 5) is 12.1. The largest absolute Gasteiger partial charge is 0.488 e. The first-order valence-corrected chi connectivity index (χ1v) is 9.66. The molecule has 4 aromatic rings. The summed E-state index contributed by atoms with van der Waals surface area (Å²) in [6, 6.07) is 19.1. The van der Waals surface area contributed by atoms with Crippen molar-refractivity contribution >= 4 is 22.6 Å². The van der Waals surface area contributed by atoms with E-state index in [4.69, 9.17) is 20.8 Å². The zero-order valence-corrected chi connectivity index (χ0v) is 16.5. The van der Waals surface area contributed by atoms with Crippen molar-refractivity contribution < 1.29 is 13.5 Å². The number of ether oxygens (including phenoxy) is 1. The molecular weight excluding hydrogens is 391 g/mol. The summed E-state index contributed by atoms with van der Waals surface area (Å²) in [5.41, 5.74) is 3.44. The van der Waals surface area contributed by atoms with Gasteiger partial charge < -0.3 is 9.15 Å². The lowest BCUT2D eigenvalue weighted by atomic mass is 9.99. The highest BCUT2D eigenvalue weighted by atomic mass is 35.5. The maximum absolute atomic E-state index is 13.3. The highest BCUT2D eigenvalue weighted by Crippen LogP contribution is 2.33. The third-order valence-corrected chi connectivity index (χ3v) is 5.14. The molecule has 0 fully saturated rings. The van der Waals surface area contributed by atoms with Crippen molar-refractivity contribution in [1.29, 1.82) is 0 Å². The highest BCUT2D eigenvalue weighted by molar-refractivity contribution is 6.31. The van der Waals surface area contributed by atoms with E-state index in [2.05, 4.69) is 0 Å². The second kappa shape index (κ2) is 8.10. The maximum Gasteiger partial charge on any atom is 0.336 e. The van der Waals surface area contributed by atoms with Crippen molar-refractivity contribution in [3.05, 3.63) is 99.1 Å². The van der Waals surface area contributed by atoms with Crippen molar-refractivity contribution in [2.45, 2.75) is 20.0 Å². The quantitative estimate of drug-likeness (QED) is 0.359. The van der Waals surface area contributed by atoms with E-state index in [1.807, 2.05) is 43.3 Å². The fourth-order valence-electron chi connectivity index (χ4n) is 3.30. The molecule has 3 nitrogen and oxygen atoms in total. The molecule has 0 saturated heterocycles. The molecule has 0 bridgehead atoms. The summed E-state index contributed by atoms with van der Waals surface area (Å²) in [6.45, 7) is 2.21. The first-order valence-electron chi connectivity index (χ1n) is 9.28. The second-order valence-electron chi connectivity index (χ2n) is 6.68. The van der Waals surface area contributed by atoms with Crippen LogP contribution in [-0.2, 0) is 13.0 Å². The Morgan fingerprint density at radius 2 is 1.79 bits per heavy atom. The van der Waals surface area contributed by atoms with Gasteiger partial charge in [-0.05, 0) is 41.3 Å². The number of hydrogen-bond acceptors (Lipinski definition) is 3. The minimum atomic E-state index is -0.423. The van der Waals surface area contributed by atoms with Gasteiger partial charge >= 0.3 is 5.63 Å². The molecule has 0 atom stereocenters. The van der Waals surface area contributed by atoms with Gasteiger partial charge in [0.25, 0.3) is 0 Å². The molecule has 4 rings (SSSR count). The van der Waals surface area contributed by atoms with Gasteiger partial charge in [0.05, 0.1) is 5.02 Å². The Balaban J connectivity index is 1.77. The van der Waals surface area contributed by atoms with Crippen molar-refractivity contribution in [2.24, 2.45) is 0 Å². The molecular formula is C24H18ClFO3. The Morgan fingerprint density at radius 1 is 1.00 bits per heavy atom. The number of halogens is 2. The summed E-state index contributed by atoms with van der Waals surface area (Å²) in [6.07, 6.45) is 0.732. The van der Waals surface area contributed by atoms with Crippen LogP contribution < -0.4 is 10.4 Å². The Labute approximate surface area is 172 Å². The van der Waals surface area contributed by atoms with Gasteiger partial charge in [0.1, 0.15) is 23.8 Å². The average molecular weight is 409 g/mol. The molecule has 146 valence electrons. The van der Waals surface area contributed by atoms with Gasteiger partial charge in [0.2, 0.25) is 0 Å². The zero-order valence-electron chi connectivity index (χ0n) is 15.7. The molecule has 3 aromatic carbocycles. The number of fused-ring (bicyclic) bond motifs is 1. The average Bonchev–Trinajstić information content (AvgIpc) is 2.72. The smallest absolute Gasteiger partial charge is 0.336 e. The fraction of sp³-hybridized carbons (Fsp3) is 0.125.